The second kappa shape index (κ2) is 11.2. The summed E-state index contributed by atoms with van der Waals surface area (Å²) in [4.78, 5) is 28.9. The van der Waals surface area contributed by atoms with Crippen LogP contribution in [0.2, 0.25) is 0 Å². The van der Waals surface area contributed by atoms with Gasteiger partial charge in [0, 0.05) is 50.7 Å². The van der Waals surface area contributed by atoms with Gasteiger partial charge in [0.1, 0.15) is 11.6 Å². The van der Waals surface area contributed by atoms with E-state index in [-0.39, 0.29) is 11.9 Å². The van der Waals surface area contributed by atoms with Crippen molar-refractivity contribution >= 4 is 28.6 Å². The van der Waals surface area contributed by atoms with Crippen LogP contribution in [0.25, 0.3) is 22.0 Å². The van der Waals surface area contributed by atoms with Gasteiger partial charge in [0.05, 0.1) is 37.0 Å². The zero-order valence-electron chi connectivity index (χ0n) is 23.3. The summed E-state index contributed by atoms with van der Waals surface area (Å²) in [5.74, 6) is 2.44. The lowest BCUT2D eigenvalue weighted by molar-refractivity contribution is -0.121. The van der Waals surface area contributed by atoms with Crippen LogP contribution in [0.3, 0.4) is 0 Å². The Labute approximate surface area is 233 Å². The number of nitrogens with zero attached hydrogens (tertiary/aromatic N) is 6. The molecule has 1 atom stereocenters. The summed E-state index contributed by atoms with van der Waals surface area (Å²) in [5, 5.41) is 7.87. The fourth-order valence-electron chi connectivity index (χ4n) is 5.71. The van der Waals surface area contributed by atoms with E-state index >= 15 is 0 Å². The number of carbonyl (C=O) groups excluding carboxylic acids is 1. The monoisotopic (exact) mass is 541 g/mol. The summed E-state index contributed by atoms with van der Waals surface area (Å²) < 4.78 is 11.4. The van der Waals surface area contributed by atoms with Crippen molar-refractivity contribution in [3.63, 3.8) is 0 Å². The highest BCUT2D eigenvalue weighted by atomic mass is 16.5. The van der Waals surface area contributed by atoms with Gasteiger partial charge >= 0.3 is 0 Å². The number of anilines is 2. The Bertz CT molecular complexity index is 1480. The van der Waals surface area contributed by atoms with Gasteiger partial charge in [-0.1, -0.05) is 41.6 Å². The molecule has 6 rings (SSSR count). The highest BCUT2D eigenvalue weighted by Gasteiger charge is 2.29. The predicted octanol–water partition coefficient (Wildman–Crippen LogP) is 3.35. The van der Waals surface area contributed by atoms with E-state index in [0.29, 0.717) is 25.7 Å². The number of fused-ring (bicyclic) bond motifs is 1. The van der Waals surface area contributed by atoms with Crippen LogP contribution in [0.4, 0.5) is 11.8 Å². The first-order valence-corrected chi connectivity index (χ1v) is 13.8. The fourth-order valence-corrected chi connectivity index (χ4v) is 5.71. The Morgan fingerprint density at radius 3 is 2.55 bits per heavy atom. The van der Waals surface area contributed by atoms with E-state index < -0.39 is 0 Å². The number of ether oxygens (including phenoxy) is 1. The van der Waals surface area contributed by atoms with Crippen LogP contribution in [0.15, 0.2) is 53.1 Å². The lowest BCUT2D eigenvalue weighted by Gasteiger charge is -2.38. The molecule has 0 bridgehead atoms. The van der Waals surface area contributed by atoms with Crippen LogP contribution >= 0.6 is 0 Å². The van der Waals surface area contributed by atoms with Crippen LogP contribution in [-0.2, 0) is 9.53 Å². The molecule has 10 nitrogen and oxygen atoms in total. The van der Waals surface area contributed by atoms with Crippen LogP contribution in [0.1, 0.15) is 23.1 Å². The number of hydrogen-bond donors (Lipinski definition) is 1. The summed E-state index contributed by atoms with van der Waals surface area (Å²) in [6, 6.07) is 16.8. The number of rotatable bonds is 6. The zero-order chi connectivity index (χ0) is 27.6. The van der Waals surface area contributed by atoms with Crippen molar-refractivity contribution in [2.24, 2.45) is 0 Å². The smallest absolute Gasteiger partial charge is 0.233 e. The molecule has 4 heterocycles. The second-order valence-corrected chi connectivity index (χ2v) is 10.4. The summed E-state index contributed by atoms with van der Waals surface area (Å²) >= 11 is 0. The van der Waals surface area contributed by atoms with Crippen molar-refractivity contribution in [2.45, 2.75) is 19.9 Å². The van der Waals surface area contributed by atoms with Crippen LogP contribution in [-0.4, -0.2) is 85.5 Å². The molecule has 2 aliphatic rings. The molecule has 0 aliphatic carbocycles. The molecule has 4 aromatic rings. The molecule has 2 aliphatic heterocycles. The number of piperazine rings is 1. The van der Waals surface area contributed by atoms with Crippen LogP contribution in [0, 0.1) is 13.8 Å². The Balaban J connectivity index is 1.42. The van der Waals surface area contributed by atoms with Gasteiger partial charge in [-0.15, -0.1) is 0 Å². The van der Waals surface area contributed by atoms with E-state index in [9.17, 15) is 4.79 Å². The van der Waals surface area contributed by atoms with Gasteiger partial charge in [-0.05, 0) is 37.1 Å². The third-order valence-corrected chi connectivity index (χ3v) is 7.87. The molecule has 1 unspecified atom stereocenters. The van der Waals surface area contributed by atoms with Crippen LogP contribution < -0.4 is 15.1 Å². The average Bonchev–Trinajstić information content (AvgIpc) is 3.34. The van der Waals surface area contributed by atoms with Crippen molar-refractivity contribution in [1.29, 1.82) is 0 Å². The quantitative estimate of drug-likeness (QED) is 0.394. The number of aromatic nitrogens is 3. The molecule has 10 heteroatoms. The Hall–Kier alpha value is -4.02. The molecular weight excluding hydrogens is 506 g/mol. The Kier molecular flexibility index (Phi) is 7.36. The lowest BCUT2D eigenvalue weighted by atomic mass is 10.0. The fraction of sp³-hybridized carbons (Fsp3) is 0.400. The number of benzene rings is 2. The van der Waals surface area contributed by atoms with Crippen molar-refractivity contribution < 1.29 is 14.1 Å². The Morgan fingerprint density at radius 2 is 1.82 bits per heavy atom. The first-order chi connectivity index (χ1) is 19.5. The number of carbonyl (C=O) groups is 1. The predicted molar refractivity (Wildman–Crippen MR) is 155 cm³/mol. The molecule has 2 aromatic carbocycles. The minimum absolute atomic E-state index is 0.0334. The maximum Gasteiger partial charge on any atom is 0.233 e. The normalized spacial score (nSPS) is 18.3. The molecule has 1 N–H and O–H groups in total. The highest BCUT2D eigenvalue weighted by molar-refractivity contribution is 5.94. The van der Waals surface area contributed by atoms with Gasteiger partial charge in [-0.3, -0.25) is 9.69 Å². The molecule has 2 fully saturated rings. The summed E-state index contributed by atoms with van der Waals surface area (Å²) in [7, 11) is 1.68. The lowest BCUT2D eigenvalue weighted by Crippen LogP contribution is -2.49. The standard InChI is InChI=1S/C30H35N7O3/c1-20-28(21(2)40-34-20)23-9-10-25-24(17-23)29(37-15-16-39-19-26(37)22-7-5-4-6-8-22)33-30(32-25)36-13-11-35(12-14-36)18-27(38)31-3/h4-10,17,26H,11-16,18-19H2,1-3H3,(H,31,38). The van der Waals surface area contributed by atoms with E-state index in [4.69, 9.17) is 19.2 Å². The van der Waals surface area contributed by atoms with E-state index in [2.05, 4.69) is 67.6 Å². The summed E-state index contributed by atoms with van der Waals surface area (Å²) in [6.45, 7) is 9.32. The topological polar surface area (TPSA) is 99.9 Å². The van der Waals surface area contributed by atoms with E-state index in [1.807, 2.05) is 19.9 Å². The first kappa shape index (κ1) is 26.2. The summed E-state index contributed by atoms with van der Waals surface area (Å²) in [5.41, 5.74) is 4.99. The highest BCUT2D eigenvalue weighted by Crippen LogP contribution is 2.37. The van der Waals surface area contributed by atoms with Crippen molar-refractivity contribution in [3.05, 3.63) is 65.5 Å². The number of nitrogens with one attached hydrogen (secondary N) is 1. The van der Waals surface area contributed by atoms with Crippen molar-refractivity contribution in [1.82, 2.24) is 25.3 Å². The molecule has 1 amide bonds. The molecule has 0 radical (unpaired) electrons. The molecule has 0 spiro atoms. The molecule has 0 saturated carbocycles. The minimum Gasteiger partial charge on any atom is -0.377 e. The van der Waals surface area contributed by atoms with Gasteiger partial charge in [0.2, 0.25) is 11.9 Å². The van der Waals surface area contributed by atoms with Crippen LogP contribution in [0.5, 0.6) is 0 Å². The Morgan fingerprint density at radius 1 is 1.02 bits per heavy atom. The van der Waals surface area contributed by atoms with Gasteiger partial charge in [-0.2, -0.15) is 4.98 Å². The maximum absolute atomic E-state index is 11.9. The molecule has 40 heavy (non-hydrogen) atoms. The summed E-state index contributed by atoms with van der Waals surface area (Å²) in [6.07, 6.45) is 0. The van der Waals surface area contributed by atoms with Crippen molar-refractivity contribution in [2.75, 3.05) is 69.3 Å². The molecular formula is C30H35N7O3. The van der Waals surface area contributed by atoms with Crippen molar-refractivity contribution in [3.8, 4) is 11.1 Å². The van der Waals surface area contributed by atoms with Gasteiger partial charge in [0.25, 0.3) is 0 Å². The van der Waals surface area contributed by atoms with E-state index in [1.165, 1.54) is 5.56 Å². The number of likely N-dealkylation sites (N-methyl/N-ethyl adjacent to an activating group) is 1. The molecule has 208 valence electrons. The minimum atomic E-state index is 0.0334. The number of morpholine rings is 1. The van der Waals surface area contributed by atoms with Gasteiger partial charge < -0.3 is 24.4 Å². The molecule has 2 saturated heterocycles. The number of aryl methyl sites for hydroxylation is 2. The van der Waals surface area contributed by atoms with Gasteiger partial charge in [-0.25, -0.2) is 4.98 Å². The number of hydrogen-bond acceptors (Lipinski definition) is 9. The molecule has 2 aromatic heterocycles. The van der Waals surface area contributed by atoms with Gasteiger partial charge in [0.15, 0.2) is 0 Å². The second-order valence-electron chi connectivity index (χ2n) is 10.4. The third-order valence-electron chi connectivity index (χ3n) is 7.87. The maximum atomic E-state index is 11.9. The third kappa shape index (κ3) is 5.12. The first-order valence-electron chi connectivity index (χ1n) is 13.8. The zero-order valence-corrected chi connectivity index (χ0v) is 23.3. The SMILES string of the molecule is CNC(=O)CN1CCN(c2nc(N3CCOCC3c3ccccc3)c3cc(-c4c(C)noc4C)ccc3n2)CC1. The van der Waals surface area contributed by atoms with E-state index in [1.54, 1.807) is 7.05 Å². The largest absolute Gasteiger partial charge is 0.377 e. The van der Waals surface area contributed by atoms with E-state index in [0.717, 1.165) is 72.0 Å². The average molecular weight is 542 g/mol. The number of amides is 1.